The zero-order valence-corrected chi connectivity index (χ0v) is 21.6. The Morgan fingerprint density at radius 1 is 1.14 bits per heavy atom. The van der Waals surface area contributed by atoms with Crippen LogP contribution in [0, 0.1) is 0 Å². The van der Waals surface area contributed by atoms with Crippen molar-refractivity contribution >= 4 is 39.0 Å². The first kappa shape index (κ1) is 26.0. The zero-order chi connectivity index (χ0) is 26.6. The predicted octanol–water partition coefficient (Wildman–Crippen LogP) is 3.21. The molecular formula is C26H28N6O4S. The van der Waals surface area contributed by atoms with E-state index in [9.17, 15) is 18.0 Å². The number of fused-ring (bicyclic) bond motifs is 1. The molecule has 1 aromatic heterocycles. The number of anilines is 3. The fraction of sp³-hybridized carbons (Fsp3) is 0.231. The number of amides is 3. The number of aromatic nitrogens is 2. The van der Waals surface area contributed by atoms with E-state index in [1.807, 2.05) is 49.3 Å². The van der Waals surface area contributed by atoms with Crippen LogP contribution in [0.3, 0.4) is 0 Å². The number of hydrogen-bond donors (Lipinski definition) is 1. The molecule has 0 unspecified atom stereocenters. The largest absolute Gasteiger partial charge is 0.330 e. The SMILES string of the molecule is CN(C)C/C=C/C(=O)Nc1cccc(N2C(=O)N(Cc3ccccc3)Cc3cnc(S(C)(=O)=O)nc32)c1. The van der Waals surface area contributed by atoms with E-state index in [2.05, 4.69) is 15.3 Å². The van der Waals surface area contributed by atoms with Crippen molar-refractivity contribution in [2.75, 3.05) is 37.1 Å². The average molecular weight is 521 g/mol. The van der Waals surface area contributed by atoms with Crippen LogP contribution >= 0.6 is 0 Å². The van der Waals surface area contributed by atoms with Crippen LogP contribution in [-0.2, 0) is 27.7 Å². The molecule has 37 heavy (non-hydrogen) atoms. The topological polar surface area (TPSA) is 116 Å². The predicted molar refractivity (Wildman–Crippen MR) is 141 cm³/mol. The van der Waals surface area contributed by atoms with Crippen LogP contribution in [0.15, 0.2) is 78.1 Å². The molecule has 192 valence electrons. The summed E-state index contributed by atoms with van der Waals surface area (Å²) in [6.07, 6.45) is 5.65. The number of hydrogen-bond acceptors (Lipinski definition) is 7. The van der Waals surface area contributed by atoms with Gasteiger partial charge in [0.15, 0.2) is 5.82 Å². The monoisotopic (exact) mass is 520 g/mol. The van der Waals surface area contributed by atoms with Crippen molar-refractivity contribution in [2.24, 2.45) is 0 Å². The molecule has 4 rings (SSSR count). The van der Waals surface area contributed by atoms with Gasteiger partial charge in [-0.15, -0.1) is 0 Å². The molecule has 0 atom stereocenters. The minimum absolute atomic E-state index is 0.194. The maximum Gasteiger partial charge on any atom is 0.330 e. The summed E-state index contributed by atoms with van der Waals surface area (Å²) in [5.41, 5.74) is 2.45. The number of urea groups is 1. The Morgan fingerprint density at radius 3 is 2.59 bits per heavy atom. The van der Waals surface area contributed by atoms with E-state index >= 15 is 0 Å². The Hall–Kier alpha value is -4.09. The quantitative estimate of drug-likeness (QED) is 0.358. The molecule has 3 aromatic rings. The number of rotatable bonds is 8. The number of benzene rings is 2. The van der Waals surface area contributed by atoms with E-state index < -0.39 is 9.84 Å². The molecule has 1 aliphatic rings. The van der Waals surface area contributed by atoms with Gasteiger partial charge in [0, 0.05) is 42.9 Å². The number of nitrogens with zero attached hydrogens (tertiary/aromatic N) is 5. The molecule has 1 aliphatic heterocycles. The summed E-state index contributed by atoms with van der Waals surface area (Å²) in [6, 6.07) is 15.9. The van der Waals surface area contributed by atoms with Gasteiger partial charge in [-0.1, -0.05) is 42.5 Å². The van der Waals surface area contributed by atoms with Crippen LogP contribution in [0.5, 0.6) is 0 Å². The summed E-state index contributed by atoms with van der Waals surface area (Å²) in [7, 11) is 0.101. The van der Waals surface area contributed by atoms with E-state index in [0.29, 0.717) is 30.0 Å². The molecule has 0 fully saturated rings. The van der Waals surface area contributed by atoms with Crippen LogP contribution in [0.25, 0.3) is 0 Å². The molecule has 0 spiro atoms. The summed E-state index contributed by atoms with van der Waals surface area (Å²) < 4.78 is 24.3. The van der Waals surface area contributed by atoms with E-state index in [0.717, 1.165) is 11.8 Å². The Balaban J connectivity index is 1.70. The molecule has 1 N–H and O–H groups in total. The highest BCUT2D eigenvalue weighted by atomic mass is 32.2. The molecule has 0 radical (unpaired) electrons. The average Bonchev–Trinajstić information content (AvgIpc) is 2.84. The van der Waals surface area contributed by atoms with Crippen molar-refractivity contribution in [1.82, 2.24) is 19.8 Å². The highest BCUT2D eigenvalue weighted by Gasteiger charge is 2.34. The van der Waals surface area contributed by atoms with Gasteiger partial charge >= 0.3 is 6.03 Å². The maximum atomic E-state index is 13.7. The Bertz CT molecular complexity index is 1440. The number of carbonyl (C=O) groups excluding carboxylic acids is 2. The first-order chi connectivity index (χ1) is 17.6. The number of sulfone groups is 1. The van der Waals surface area contributed by atoms with Crippen LogP contribution in [0.1, 0.15) is 11.1 Å². The molecule has 2 aromatic carbocycles. The van der Waals surface area contributed by atoms with Crippen LogP contribution in [0.2, 0.25) is 0 Å². The van der Waals surface area contributed by atoms with Gasteiger partial charge in [-0.05, 0) is 37.9 Å². The molecular weight excluding hydrogens is 492 g/mol. The standard InChI is InChI=1S/C26H28N6O4S/c1-30(2)14-8-13-23(33)28-21-11-7-12-22(15-21)32-24-20(16-27-25(29-24)37(3,35)36)18-31(26(32)34)17-19-9-5-4-6-10-19/h4-13,15-16H,14,17-18H2,1-3H3,(H,28,33)/b13-8+. The lowest BCUT2D eigenvalue weighted by Gasteiger charge is -2.36. The summed E-state index contributed by atoms with van der Waals surface area (Å²) >= 11 is 0. The number of carbonyl (C=O) groups is 2. The highest BCUT2D eigenvalue weighted by molar-refractivity contribution is 7.90. The fourth-order valence-corrected chi connectivity index (χ4v) is 4.30. The molecule has 11 heteroatoms. The van der Waals surface area contributed by atoms with Crippen molar-refractivity contribution in [3.8, 4) is 0 Å². The fourth-order valence-electron chi connectivity index (χ4n) is 3.81. The smallest absolute Gasteiger partial charge is 0.322 e. The summed E-state index contributed by atoms with van der Waals surface area (Å²) in [5, 5.41) is 2.43. The van der Waals surface area contributed by atoms with Crippen molar-refractivity contribution in [3.05, 3.63) is 84.1 Å². The van der Waals surface area contributed by atoms with Gasteiger partial charge in [-0.2, -0.15) is 4.98 Å². The maximum absolute atomic E-state index is 13.7. The molecule has 0 saturated heterocycles. The second-order valence-corrected chi connectivity index (χ2v) is 10.8. The first-order valence-corrected chi connectivity index (χ1v) is 13.4. The van der Waals surface area contributed by atoms with Gasteiger partial charge in [0.2, 0.25) is 20.9 Å². The first-order valence-electron chi connectivity index (χ1n) is 11.5. The van der Waals surface area contributed by atoms with Gasteiger partial charge in [0.05, 0.1) is 12.2 Å². The third-order valence-electron chi connectivity index (χ3n) is 5.51. The molecule has 2 heterocycles. The minimum Gasteiger partial charge on any atom is -0.322 e. The minimum atomic E-state index is -3.70. The Morgan fingerprint density at radius 2 is 1.89 bits per heavy atom. The van der Waals surface area contributed by atoms with E-state index in [1.54, 1.807) is 35.2 Å². The molecule has 0 saturated carbocycles. The highest BCUT2D eigenvalue weighted by Crippen LogP contribution is 2.35. The van der Waals surface area contributed by atoms with Crippen molar-refractivity contribution in [3.63, 3.8) is 0 Å². The van der Waals surface area contributed by atoms with E-state index in [4.69, 9.17) is 0 Å². The van der Waals surface area contributed by atoms with Crippen LogP contribution in [0.4, 0.5) is 22.0 Å². The lowest BCUT2D eigenvalue weighted by atomic mass is 10.1. The third-order valence-corrected chi connectivity index (χ3v) is 6.37. The number of nitrogens with one attached hydrogen (secondary N) is 1. The van der Waals surface area contributed by atoms with Gasteiger partial charge in [-0.3, -0.25) is 4.79 Å². The molecule has 10 nitrogen and oxygen atoms in total. The van der Waals surface area contributed by atoms with E-state index in [-0.39, 0.29) is 29.5 Å². The van der Waals surface area contributed by atoms with Crippen LogP contribution in [-0.4, -0.2) is 67.0 Å². The lowest BCUT2D eigenvalue weighted by Crippen LogP contribution is -2.45. The van der Waals surface area contributed by atoms with Crippen molar-refractivity contribution < 1.29 is 18.0 Å². The Kier molecular flexibility index (Phi) is 7.65. The zero-order valence-electron chi connectivity index (χ0n) is 20.8. The second kappa shape index (κ2) is 10.9. The van der Waals surface area contributed by atoms with Gasteiger partial charge < -0.3 is 15.1 Å². The van der Waals surface area contributed by atoms with Gasteiger partial charge in [-0.25, -0.2) is 23.1 Å². The summed E-state index contributed by atoms with van der Waals surface area (Å²) in [4.78, 5) is 39.3. The normalized spacial score (nSPS) is 13.8. The second-order valence-electron chi connectivity index (χ2n) is 8.94. The van der Waals surface area contributed by atoms with Gasteiger partial charge in [0.25, 0.3) is 0 Å². The summed E-state index contributed by atoms with van der Waals surface area (Å²) in [6.45, 7) is 1.18. The van der Waals surface area contributed by atoms with E-state index in [1.165, 1.54) is 17.2 Å². The van der Waals surface area contributed by atoms with Crippen molar-refractivity contribution in [1.29, 1.82) is 0 Å². The molecule has 3 amide bonds. The third kappa shape index (κ3) is 6.38. The number of likely N-dealkylation sites (N-methyl/N-ethyl adjacent to an activating group) is 1. The molecule has 0 bridgehead atoms. The van der Waals surface area contributed by atoms with Crippen LogP contribution < -0.4 is 10.2 Å². The Labute approximate surface area is 216 Å². The van der Waals surface area contributed by atoms with Gasteiger partial charge in [0.1, 0.15) is 0 Å². The molecule has 0 aliphatic carbocycles. The summed E-state index contributed by atoms with van der Waals surface area (Å²) in [5.74, 6) is -0.115. The van der Waals surface area contributed by atoms with Crippen molar-refractivity contribution in [2.45, 2.75) is 18.2 Å². The lowest BCUT2D eigenvalue weighted by molar-refractivity contribution is -0.111.